The zero-order chi connectivity index (χ0) is 21.3. The number of hydrogen-bond donors (Lipinski definition) is 2. The number of carbonyl (C=O) groups is 2. The lowest BCUT2D eigenvalue weighted by atomic mass is 10.0. The van der Waals surface area contributed by atoms with Gasteiger partial charge in [0, 0.05) is 44.9 Å². The van der Waals surface area contributed by atoms with E-state index >= 15 is 0 Å². The standard InChI is InChI=1S/C19H26N6O5/c1-23(29-2)18(26)13-10-17-21-16(24-6-3-4-7-24)11-14(25(17)22-13)15-9-12(5-8-30-15)20-19(27)28/h10-12,15,20H,3-9H2,1-2H3,(H,27,28). The van der Waals surface area contributed by atoms with Crippen LogP contribution in [-0.4, -0.2) is 76.7 Å². The Bertz CT molecular complexity index is 941. The van der Waals surface area contributed by atoms with Gasteiger partial charge in [-0.1, -0.05) is 0 Å². The van der Waals surface area contributed by atoms with Crippen molar-refractivity contribution in [1.82, 2.24) is 25.0 Å². The molecule has 2 N–H and O–H groups in total. The molecule has 2 saturated heterocycles. The molecule has 0 radical (unpaired) electrons. The van der Waals surface area contributed by atoms with Gasteiger partial charge in [0.05, 0.1) is 12.8 Å². The molecule has 2 unspecified atom stereocenters. The number of fused-ring (bicyclic) bond motifs is 1. The first-order chi connectivity index (χ1) is 14.5. The van der Waals surface area contributed by atoms with Gasteiger partial charge in [-0.05, 0) is 25.7 Å². The Morgan fingerprint density at radius 2 is 2.10 bits per heavy atom. The summed E-state index contributed by atoms with van der Waals surface area (Å²) in [6.07, 6.45) is 1.88. The molecule has 2 aromatic heterocycles. The smallest absolute Gasteiger partial charge is 0.404 e. The minimum atomic E-state index is -1.05. The maximum absolute atomic E-state index is 12.5. The number of rotatable bonds is 5. The largest absolute Gasteiger partial charge is 0.465 e. The first-order valence-electron chi connectivity index (χ1n) is 10.0. The van der Waals surface area contributed by atoms with E-state index in [1.54, 1.807) is 10.6 Å². The number of hydrogen-bond acceptors (Lipinski definition) is 7. The Morgan fingerprint density at radius 1 is 1.33 bits per heavy atom. The topological polar surface area (TPSA) is 122 Å². The summed E-state index contributed by atoms with van der Waals surface area (Å²) >= 11 is 0. The second-order valence-corrected chi connectivity index (χ2v) is 7.55. The summed E-state index contributed by atoms with van der Waals surface area (Å²) in [5, 5.41) is 17.2. The molecule has 2 aliphatic heterocycles. The molecular formula is C19H26N6O5. The zero-order valence-corrected chi connectivity index (χ0v) is 17.1. The molecule has 11 heteroatoms. The minimum absolute atomic E-state index is 0.211. The summed E-state index contributed by atoms with van der Waals surface area (Å²) in [6.45, 7) is 2.27. The highest BCUT2D eigenvalue weighted by molar-refractivity contribution is 5.92. The van der Waals surface area contributed by atoms with E-state index in [0.717, 1.165) is 42.5 Å². The van der Waals surface area contributed by atoms with Crippen LogP contribution in [0.2, 0.25) is 0 Å². The molecule has 2 amide bonds. The van der Waals surface area contributed by atoms with Crippen molar-refractivity contribution in [2.75, 3.05) is 38.8 Å². The highest BCUT2D eigenvalue weighted by Gasteiger charge is 2.29. The van der Waals surface area contributed by atoms with Crippen LogP contribution in [0.25, 0.3) is 5.65 Å². The number of aromatic nitrogens is 3. The Morgan fingerprint density at radius 3 is 2.80 bits per heavy atom. The number of ether oxygens (including phenoxy) is 1. The molecule has 2 atom stereocenters. The average Bonchev–Trinajstić information content (AvgIpc) is 3.41. The molecular weight excluding hydrogens is 392 g/mol. The molecule has 0 spiro atoms. The van der Waals surface area contributed by atoms with Crippen molar-refractivity contribution in [3.63, 3.8) is 0 Å². The van der Waals surface area contributed by atoms with Crippen LogP contribution in [0.4, 0.5) is 10.6 Å². The molecule has 30 heavy (non-hydrogen) atoms. The fourth-order valence-electron chi connectivity index (χ4n) is 3.98. The van der Waals surface area contributed by atoms with E-state index in [0.29, 0.717) is 25.1 Å². The van der Waals surface area contributed by atoms with Crippen LogP contribution in [-0.2, 0) is 9.57 Å². The molecule has 4 rings (SSSR count). The molecule has 0 bridgehead atoms. The van der Waals surface area contributed by atoms with Crippen molar-refractivity contribution in [1.29, 1.82) is 0 Å². The lowest BCUT2D eigenvalue weighted by Gasteiger charge is -2.30. The molecule has 162 valence electrons. The summed E-state index contributed by atoms with van der Waals surface area (Å²) in [6, 6.07) is 3.36. The van der Waals surface area contributed by atoms with Crippen molar-refractivity contribution in [2.24, 2.45) is 0 Å². The summed E-state index contributed by atoms with van der Waals surface area (Å²) < 4.78 is 7.60. The Balaban J connectivity index is 1.74. The minimum Gasteiger partial charge on any atom is -0.465 e. The number of amides is 2. The maximum atomic E-state index is 12.5. The van der Waals surface area contributed by atoms with Crippen LogP contribution in [0.1, 0.15) is 48.0 Å². The van der Waals surface area contributed by atoms with Gasteiger partial charge in [-0.3, -0.25) is 9.63 Å². The van der Waals surface area contributed by atoms with E-state index < -0.39 is 6.09 Å². The van der Waals surface area contributed by atoms with E-state index in [9.17, 15) is 9.59 Å². The Labute approximate surface area is 173 Å². The van der Waals surface area contributed by atoms with Gasteiger partial charge in [-0.25, -0.2) is 19.4 Å². The van der Waals surface area contributed by atoms with E-state index in [-0.39, 0.29) is 23.7 Å². The second-order valence-electron chi connectivity index (χ2n) is 7.55. The third kappa shape index (κ3) is 4.03. The molecule has 2 aliphatic rings. The highest BCUT2D eigenvalue weighted by atomic mass is 16.7. The summed E-state index contributed by atoms with van der Waals surface area (Å²) in [7, 11) is 2.93. The first-order valence-corrected chi connectivity index (χ1v) is 10.0. The van der Waals surface area contributed by atoms with E-state index in [2.05, 4.69) is 15.3 Å². The van der Waals surface area contributed by atoms with Crippen molar-refractivity contribution in [3.8, 4) is 0 Å². The second kappa shape index (κ2) is 8.44. The number of nitrogens with one attached hydrogen (secondary N) is 1. The molecule has 0 aliphatic carbocycles. The van der Waals surface area contributed by atoms with E-state index in [1.807, 2.05) is 6.07 Å². The van der Waals surface area contributed by atoms with Crippen LogP contribution in [0.15, 0.2) is 12.1 Å². The molecule has 2 aromatic rings. The number of carbonyl (C=O) groups excluding carboxylic acids is 1. The van der Waals surface area contributed by atoms with Crippen LogP contribution in [0.5, 0.6) is 0 Å². The molecule has 0 saturated carbocycles. The van der Waals surface area contributed by atoms with Gasteiger partial charge in [-0.2, -0.15) is 5.10 Å². The molecule has 2 fully saturated rings. The van der Waals surface area contributed by atoms with Crippen LogP contribution in [0, 0.1) is 0 Å². The van der Waals surface area contributed by atoms with Crippen molar-refractivity contribution in [2.45, 2.75) is 37.8 Å². The Kier molecular flexibility index (Phi) is 5.73. The summed E-state index contributed by atoms with van der Waals surface area (Å²) in [5.74, 6) is 0.428. The monoisotopic (exact) mass is 418 g/mol. The van der Waals surface area contributed by atoms with Gasteiger partial charge in [0.15, 0.2) is 11.3 Å². The fourth-order valence-corrected chi connectivity index (χ4v) is 3.98. The third-order valence-corrected chi connectivity index (χ3v) is 5.59. The number of carboxylic acid groups (broad SMARTS) is 1. The van der Waals surface area contributed by atoms with Crippen molar-refractivity contribution >= 4 is 23.5 Å². The average molecular weight is 418 g/mol. The lowest BCUT2D eigenvalue weighted by Crippen LogP contribution is -2.39. The highest BCUT2D eigenvalue weighted by Crippen LogP contribution is 2.31. The van der Waals surface area contributed by atoms with Crippen molar-refractivity contribution in [3.05, 3.63) is 23.5 Å². The predicted molar refractivity (Wildman–Crippen MR) is 106 cm³/mol. The van der Waals surface area contributed by atoms with Gasteiger partial charge in [-0.15, -0.1) is 0 Å². The van der Waals surface area contributed by atoms with Gasteiger partial charge in [0.25, 0.3) is 5.91 Å². The molecule has 4 heterocycles. The SMILES string of the molecule is CON(C)C(=O)c1cc2nc(N3CCCC3)cc(C3CC(NC(=O)O)CCO3)n2n1. The lowest BCUT2D eigenvalue weighted by molar-refractivity contribution is -0.0760. The molecule has 0 aromatic carbocycles. The van der Waals surface area contributed by atoms with Crippen LogP contribution >= 0.6 is 0 Å². The van der Waals surface area contributed by atoms with Crippen LogP contribution < -0.4 is 10.2 Å². The Hall–Kier alpha value is -2.92. The number of anilines is 1. The normalized spacial score (nSPS) is 21.7. The van der Waals surface area contributed by atoms with Gasteiger partial charge in [0.2, 0.25) is 0 Å². The van der Waals surface area contributed by atoms with Gasteiger partial charge < -0.3 is 20.1 Å². The fraction of sp³-hybridized carbons (Fsp3) is 0.579. The number of hydroxylamine groups is 2. The summed E-state index contributed by atoms with van der Waals surface area (Å²) in [4.78, 5) is 35.5. The molecule has 11 nitrogen and oxygen atoms in total. The van der Waals surface area contributed by atoms with Gasteiger partial charge in [0.1, 0.15) is 11.9 Å². The number of nitrogens with zero attached hydrogens (tertiary/aromatic N) is 5. The quantitative estimate of drug-likeness (QED) is 0.700. The van der Waals surface area contributed by atoms with Crippen LogP contribution in [0.3, 0.4) is 0 Å². The first kappa shape index (κ1) is 20.4. The third-order valence-electron chi connectivity index (χ3n) is 5.59. The maximum Gasteiger partial charge on any atom is 0.404 e. The zero-order valence-electron chi connectivity index (χ0n) is 17.1. The van der Waals surface area contributed by atoms with Crippen molar-refractivity contribution < 1.29 is 24.3 Å². The van der Waals surface area contributed by atoms with E-state index in [4.69, 9.17) is 19.7 Å². The summed E-state index contributed by atoms with van der Waals surface area (Å²) in [5.41, 5.74) is 1.50. The van der Waals surface area contributed by atoms with Gasteiger partial charge >= 0.3 is 6.09 Å². The van der Waals surface area contributed by atoms with E-state index in [1.165, 1.54) is 14.2 Å². The predicted octanol–water partition coefficient (Wildman–Crippen LogP) is 1.45.